The molecule has 5 aromatic carbocycles. The number of nitrogens with zero attached hydrogens (tertiary/aromatic N) is 3. The van der Waals surface area contributed by atoms with E-state index in [1.807, 2.05) is 36.4 Å². The van der Waals surface area contributed by atoms with Gasteiger partial charge < -0.3 is 4.42 Å². The highest BCUT2D eigenvalue weighted by Crippen LogP contribution is 2.51. The first-order chi connectivity index (χ1) is 23.5. The molecule has 228 valence electrons. The Morgan fingerprint density at radius 2 is 1.46 bits per heavy atom. The van der Waals surface area contributed by atoms with Crippen LogP contribution in [0.25, 0.3) is 86.3 Å². The predicted molar refractivity (Wildman–Crippen MR) is 200 cm³/mol. The molecule has 0 fully saturated rings. The van der Waals surface area contributed by atoms with Crippen LogP contribution < -0.4 is 5.43 Å². The summed E-state index contributed by atoms with van der Waals surface area (Å²) in [6, 6.07) is 37.9. The Morgan fingerprint density at radius 3 is 2.35 bits per heavy atom. The largest absolute Gasteiger partial charge is 0.456 e. The number of thiophene rings is 2. The molecule has 0 unspecified atom stereocenters. The van der Waals surface area contributed by atoms with Crippen molar-refractivity contribution in [1.29, 1.82) is 0 Å². The van der Waals surface area contributed by atoms with E-state index in [9.17, 15) is 4.79 Å². The van der Waals surface area contributed by atoms with E-state index < -0.39 is 0 Å². The molecule has 1 aliphatic rings. The number of hydrogen-bond donors (Lipinski definition) is 0. The highest BCUT2D eigenvalue weighted by atomic mass is 32.1. The van der Waals surface area contributed by atoms with Gasteiger partial charge in [0.2, 0.25) is 11.4 Å². The first-order valence-electron chi connectivity index (χ1n) is 16.0. The quantitative estimate of drug-likeness (QED) is 0.174. The second kappa shape index (κ2) is 9.10. The molecule has 5 nitrogen and oxygen atoms in total. The van der Waals surface area contributed by atoms with Crippen LogP contribution in [0.1, 0.15) is 25.0 Å². The molecule has 48 heavy (non-hydrogen) atoms. The molecule has 0 spiro atoms. The van der Waals surface area contributed by atoms with Crippen molar-refractivity contribution in [2.75, 3.05) is 0 Å². The maximum absolute atomic E-state index is 13.7. The molecule has 1 aliphatic carbocycles. The van der Waals surface area contributed by atoms with Crippen molar-refractivity contribution >= 4 is 86.9 Å². The molecule has 0 saturated carbocycles. The van der Waals surface area contributed by atoms with Gasteiger partial charge in [0, 0.05) is 31.7 Å². The van der Waals surface area contributed by atoms with Crippen molar-refractivity contribution in [3.05, 3.63) is 136 Å². The van der Waals surface area contributed by atoms with Crippen LogP contribution in [0.15, 0.2) is 124 Å². The minimum atomic E-state index is -0.147. The van der Waals surface area contributed by atoms with E-state index in [0.29, 0.717) is 21.9 Å². The van der Waals surface area contributed by atoms with E-state index in [1.165, 1.54) is 42.4 Å². The van der Waals surface area contributed by atoms with Gasteiger partial charge in [-0.2, -0.15) is 0 Å². The van der Waals surface area contributed by atoms with Gasteiger partial charge in [-0.15, -0.1) is 22.7 Å². The van der Waals surface area contributed by atoms with Gasteiger partial charge in [0.15, 0.2) is 0 Å². The zero-order valence-corrected chi connectivity index (χ0v) is 27.6. The third-order valence-corrected chi connectivity index (χ3v) is 12.3. The lowest BCUT2D eigenvalue weighted by atomic mass is 9.82. The lowest BCUT2D eigenvalue weighted by Gasteiger charge is -2.21. The number of aromatic nitrogens is 3. The summed E-state index contributed by atoms with van der Waals surface area (Å²) in [5.41, 5.74) is 10.0. The SMILES string of the molecule is CC1(C)c2ccccc2-c2cc3c4ccccc4n(-c4nc5cc6c(=O)c7ccccc7oc6cc5n4-c4cc5sccc5s4)c3cc21. The van der Waals surface area contributed by atoms with Gasteiger partial charge >= 0.3 is 0 Å². The monoisotopic (exact) mass is 655 g/mol. The second-order valence-corrected chi connectivity index (χ2v) is 15.2. The molecule has 0 saturated heterocycles. The lowest BCUT2D eigenvalue weighted by Crippen LogP contribution is -2.15. The molecular formula is C41H25N3O2S2. The van der Waals surface area contributed by atoms with Crippen molar-refractivity contribution in [2.24, 2.45) is 0 Å². The number of hydrogen-bond acceptors (Lipinski definition) is 5. The zero-order valence-electron chi connectivity index (χ0n) is 25.9. The van der Waals surface area contributed by atoms with E-state index in [-0.39, 0.29) is 10.8 Å². The molecule has 5 aromatic heterocycles. The second-order valence-electron chi connectivity index (χ2n) is 13.2. The molecule has 0 N–H and O–H groups in total. The van der Waals surface area contributed by atoms with E-state index in [4.69, 9.17) is 9.40 Å². The molecule has 11 rings (SSSR count). The number of para-hydroxylation sites is 2. The molecular weight excluding hydrogens is 631 g/mol. The van der Waals surface area contributed by atoms with Gasteiger partial charge in [-0.3, -0.25) is 13.9 Å². The molecule has 0 atom stereocenters. The van der Waals surface area contributed by atoms with Crippen LogP contribution in [0.3, 0.4) is 0 Å². The Morgan fingerprint density at radius 1 is 0.646 bits per heavy atom. The van der Waals surface area contributed by atoms with Gasteiger partial charge in [0.05, 0.1) is 32.8 Å². The average molecular weight is 656 g/mol. The summed E-state index contributed by atoms with van der Waals surface area (Å²) in [6.45, 7) is 4.65. The third-order valence-electron chi connectivity index (χ3n) is 10.3. The number of imidazole rings is 1. The Balaban J connectivity index is 1.29. The summed E-state index contributed by atoms with van der Waals surface area (Å²) < 4.78 is 13.4. The third kappa shape index (κ3) is 3.34. The van der Waals surface area contributed by atoms with Crippen LogP contribution >= 0.6 is 22.7 Å². The topological polar surface area (TPSA) is 53.0 Å². The van der Waals surface area contributed by atoms with Gasteiger partial charge in [-0.05, 0) is 76.2 Å². The molecule has 0 radical (unpaired) electrons. The average Bonchev–Trinajstić information content (AvgIpc) is 3.90. The van der Waals surface area contributed by atoms with Crippen LogP contribution in [0.4, 0.5) is 0 Å². The van der Waals surface area contributed by atoms with Crippen LogP contribution in [0.2, 0.25) is 0 Å². The lowest BCUT2D eigenvalue weighted by molar-refractivity contribution is 0.660. The standard InChI is InChI=1S/C41H25N3O2S2/c1-41(2)28-12-6-3-9-22(28)25-17-26-23-10-4-7-13-31(23)43(32(26)19-29(25)41)40-42-30-18-27-35(46-34-14-8-5-11-24(34)39(27)45)20-33(30)44(40)38-21-37-36(48-38)15-16-47-37/h3-21H,1-2H3. The number of benzene rings is 5. The van der Waals surface area contributed by atoms with Gasteiger partial charge in [0.25, 0.3) is 0 Å². The highest BCUT2D eigenvalue weighted by Gasteiger charge is 2.36. The van der Waals surface area contributed by atoms with E-state index >= 15 is 0 Å². The van der Waals surface area contributed by atoms with Crippen molar-refractivity contribution in [1.82, 2.24) is 14.1 Å². The first kappa shape index (κ1) is 26.6. The Hall–Kier alpha value is -5.50. The fourth-order valence-corrected chi connectivity index (χ4v) is 10.1. The summed E-state index contributed by atoms with van der Waals surface area (Å²) in [4.78, 5) is 19.1. The molecule has 10 aromatic rings. The van der Waals surface area contributed by atoms with E-state index in [2.05, 4.69) is 101 Å². The van der Waals surface area contributed by atoms with Gasteiger partial charge in [0.1, 0.15) is 16.2 Å². The summed E-state index contributed by atoms with van der Waals surface area (Å²) in [7, 11) is 0. The van der Waals surface area contributed by atoms with Crippen molar-refractivity contribution in [3.8, 4) is 22.1 Å². The smallest absolute Gasteiger partial charge is 0.221 e. The van der Waals surface area contributed by atoms with E-state index in [0.717, 1.165) is 33.0 Å². The summed E-state index contributed by atoms with van der Waals surface area (Å²) >= 11 is 3.49. The fourth-order valence-electron chi connectivity index (χ4n) is 7.97. The maximum atomic E-state index is 13.7. The van der Waals surface area contributed by atoms with Crippen molar-refractivity contribution < 1.29 is 4.42 Å². The van der Waals surface area contributed by atoms with Crippen molar-refractivity contribution in [3.63, 3.8) is 0 Å². The summed E-state index contributed by atoms with van der Waals surface area (Å²) in [6.07, 6.45) is 0. The number of fused-ring (bicyclic) bond motifs is 10. The number of rotatable bonds is 2. The van der Waals surface area contributed by atoms with Gasteiger partial charge in [-0.1, -0.05) is 68.4 Å². The van der Waals surface area contributed by atoms with E-state index in [1.54, 1.807) is 22.7 Å². The van der Waals surface area contributed by atoms with Crippen LogP contribution in [-0.4, -0.2) is 14.1 Å². The fraction of sp³-hybridized carbons (Fsp3) is 0.0732. The Kier molecular flexibility index (Phi) is 5.03. The molecule has 7 heteroatoms. The molecule has 0 amide bonds. The predicted octanol–water partition coefficient (Wildman–Crippen LogP) is 11.0. The zero-order chi connectivity index (χ0) is 31.9. The first-order valence-corrected chi connectivity index (χ1v) is 17.7. The molecule has 5 heterocycles. The minimum absolute atomic E-state index is 0.0456. The maximum Gasteiger partial charge on any atom is 0.221 e. The normalized spacial score (nSPS) is 13.9. The van der Waals surface area contributed by atoms with Crippen molar-refractivity contribution in [2.45, 2.75) is 19.3 Å². The minimum Gasteiger partial charge on any atom is -0.456 e. The Labute approximate surface area is 281 Å². The highest BCUT2D eigenvalue weighted by molar-refractivity contribution is 7.28. The molecule has 0 aliphatic heterocycles. The van der Waals surface area contributed by atoms with Crippen LogP contribution in [0, 0.1) is 0 Å². The summed E-state index contributed by atoms with van der Waals surface area (Å²) in [5, 5.41) is 6.67. The van der Waals surface area contributed by atoms with Crippen LogP contribution in [0.5, 0.6) is 0 Å². The molecule has 0 bridgehead atoms. The summed E-state index contributed by atoms with van der Waals surface area (Å²) in [5.74, 6) is 0.783. The van der Waals surface area contributed by atoms with Gasteiger partial charge in [-0.25, -0.2) is 4.98 Å². The Bertz CT molecular complexity index is 3050. The van der Waals surface area contributed by atoms with Crippen LogP contribution in [-0.2, 0) is 5.41 Å².